The summed E-state index contributed by atoms with van der Waals surface area (Å²) in [6.45, 7) is 2.13. The van der Waals surface area contributed by atoms with Gasteiger partial charge in [-0.15, -0.1) is 0 Å². The molecular formula is C20H22Cl2N2O5. The molecule has 0 spiro atoms. The van der Waals surface area contributed by atoms with Gasteiger partial charge in [-0.05, 0) is 36.8 Å². The molecule has 2 rings (SSSR count). The molecule has 0 heterocycles. The summed E-state index contributed by atoms with van der Waals surface area (Å²) in [6, 6.07) is 8.14. The van der Waals surface area contributed by atoms with Crippen molar-refractivity contribution in [2.75, 3.05) is 33.1 Å². The highest BCUT2D eigenvalue weighted by molar-refractivity contribution is 6.37. The van der Waals surface area contributed by atoms with Gasteiger partial charge >= 0.3 is 5.97 Å². The summed E-state index contributed by atoms with van der Waals surface area (Å²) in [7, 11) is 3.09. The van der Waals surface area contributed by atoms with E-state index in [1.165, 1.54) is 19.2 Å². The predicted molar refractivity (Wildman–Crippen MR) is 112 cm³/mol. The summed E-state index contributed by atoms with van der Waals surface area (Å²) in [4.78, 5) is 26.3. The summed E-state index contributed by atoms with van der Waals surface area (Å²) >= 11 is 11.8. The standard InChI is InChI=1S/C20H22Cl2N2O5/c1-4-24(10-12-5-6-16(27-2)17(7-12)28-3)18(25)11-29-20(26)14-8-13(21)9-15(22)19(14)23/h5-9H,4,10-11,23H2,1-3H3. The fourth-order valence-electron chi connectivity index (χ4n) is 2.63. The quantitative estimate of drug-likeness (QED) is 0.495. The van der Waals surface area contributed by atoms with Gasteiger partial charge in [0.2, 0.25) is 0 Å². The van der Waals surface area contributed by atoms with Crippen molar-refractivity contribution in [1.29, 1.82) is 0 Å². The molecule has 0 atom stereocenters. The highest BCUT2D eigenvalue weighted by Gasteiger charge is 2.19. The van der Waals surface area contributed by atoms with Crippen LogP contribution in [-0.2, 0) is 16.1 Å². The van der Waals surface area contributed by atoms with Gasteiger partial charge in [-0.2, -0.15) is 0 Å². The molecule has 0 radical (unpaired) electrons. The van der Waals surface area contributed by atoms with E-state index in [4.69, 9.17) is 43.1 Å². The zero-order valence-electron chi connectivity index (χ0n) is 16.3. The SMILES string of the molecule is CCN(Cc1ccc(OC)c(OC)c1)C(=O)COC(=O)c1cc(Cl)cc(Cl)c1N. The Morgan fingerprint density at radius 3 is 2.38 bits per heavy atom. The molecule has 0 aliphatic carbocycles. The molecule has 9 heteroatoms. The molecule has 0 aliphatic heterocycles. The second kappa shape index (κ2) is 10.2. The normalized spacial score (nSPS) is 10.4. The molecule has 29 heavy (non-hydrogen) atoms. The number of esters is 1. The minimum absolute atomic E-state index is 0.0123. The third-order valence-electron chi connectivity index (χ3n) is 4.20. The van der Waals surface area contributed by atoms with E-state index in [1.54, 1.807) is 24.1 Å². The molecule has 0 fully saturated rings. The summed E-state index contributed by atoms with van der Waals surface area (Å²) in [5.74, 6) is 0.0234. The first-order valence-corrected chi connectivity index (χ1v) is 9.46. The molecule has 0 unspecified atom stereocenters. The number of benzene rings is 2. The number of nitrogen functional groups attached to an aromatic ring is 1. The first-order valence-electron chi connectivity index (χ1n) is 8.71. The van der Waals surface area contributed by atoms with Crippen LogP contribution in [0.2, 0.25) is 10.0 Å². The molecule has 0 bridgehead atoms. The zero-order chi connectivity index (χ0) is 21.6. The number of halogens is 2. The molecule has 0 saturated carbocycles. The van der Waals surface area contributed by atoms with Gasteiger partial charge in [0.1, 0.15) is 0 Å². The second-order valence-corrected chi connectivity index (χ2v) is 6.87. The highest BCUT2D eigenvalue weighted by Crippen LogP contribution is 2.29. The van der Waals surface area contributed by atoms with E-state index in [9.17, 15) is 9.59 Å². The van der Waals surface area contributed by atoms with E-state index in [0.29, 0.717) is 24.6 Å². The maximum absolute atomic E-state index is 12.5. The minimum atomic E-state index is -0.776. The van der Waals surface area contributed by atoms with Crippen LogP contribution in [0.5, 0.6) is 11.5 Å². The lowest BCUT2D eigenvalue weighted by atomic mass is 10.2. The van der Waals surface area contributed by atoms with Crippen LogP contribution >= 0.6 is 23.2 Å². The van der Waals surface area contributed by atoms with E-state index < -0.39 is 12.6 Å². The number of carbonyl (C=O) groups excluding carboxylic acids is 2. The predicted octanol–water partition coefficient (Wildman–Crippen LogP) is 3.80. The first kappa shape index (κ1) is 22.6. The van der Waals surface area contributed by atoms with Crippen molar-refractivity contribution in [2.24, 2.45) is 0 Å². The largest absolute Gasteiger partial charge is 0.493 e. The number of carbonyl (C=O) groups is 2. The van der Waals surface area contributed by atoms with Crippen molar-refractivity contribution in [3.8, 4) is 11.5 Å². The van der Waals surface area contributed by atoms with Gasteiger partial charge in [0.25, 0.3) is 5.91 Å². The topological polar surface area (TPSA) is 91.1 Å². The summed E-state index contributed by atoms with van der Waals surface area (Å²) in [5, 5.41) is 0.380. The number of amides is 1. The van der Waals surface area contributed by atoms with E-state index in [-0.39, 0.29) is 27.2 Å². The number of nitrogens with zero attached hydrogens (tertiary/aromatic N) is 1. The summed E-state index contributed by atoms with van der Waals surface area (Å²) in [5.41, 5.74) is 6.69. The van der Waals surface area contributed by atoms with E-state index in [2.05, 4.69) is 0 Å². The smallest absolute Gasteiger partial charge is 0.340 e. The number of nitrogens with two attached hydrogens (primary N) is 1. The van der Waals surface area contributed by atoms with E-state index in [1.807, 2.05) is 13.0 Å². The average Bonchev–Trinajstić information content (AvgIpc) is 2.72. The van der Waals surface area contributed by atoms with Gasteiger partial charge in [0.05, 0.1) is 30.5 Å². The number of ether oxygens (including phenoxy) is 3. The number of anilines is 1. The highest BCUT2D eigenvalue weighted by atomic mass is 35.5. The maximum atomic E-state index is 12.5. The van der Waals surface area contributed by atoms with Crippen molar-refractivity contribution in [2.45, 2.75) is 13.5 Å². The molecule has 7 nitrogen and oxygen atoms in total. The Morgan fingerprint density at radius 2 is 1.76 bits per heavy atom. The summed E-state index contributed by atoms with van der Waals surface area (Å²) in [6.07, 6.45) is 0. The molecule has 0 aliphatic rings. The van der Waals surface area contributed by atoms with E-state index in [0.717, 1.165) is 5.56 Å². The van der Waals surface area contributed by atoms with Gasteiger partial charge < -0.3 is 24.8 Å². The maximum Gasteiger partial charge on any atom is 0.340 e. The lowest BCUT2D eigenvalue weighted by Crippen LogP contribution is -2.34. The van der Waals surface area contributed by atoms with Crippen LogP contribution in [0.25, 0.3) is 0 Å². The van der Waals surface area contributed by atoms with Crippen LogP contribution in [0, 0.1) is 0 Å². The van der Waals surface area contributed by atoms with Gasteiger partial charge in [0, 0.05) is 18.1 Å². The Balaban J connectivity index is 2.04. The molecule has 0 saturated heterocycles. The molecule has 156 valence electrons. The Kier molecular flexibility index (Phi) is 7.99. The lowest BCUT2D eigenvalue weighted by molar-refractivity contribution is -0.134. The van der Waals surface area contributed by atoms with Crippen molar-refractivity contribution < 1.29 is 23.8 Å². The molecule has 1 amide bonds. The van der Waals surface area contributed by atoms with Crippen LogP contribution < -0.4 is 15.2 Å². The Bertz CT molecular complexity index is 905. The Labute approximate surface area is 179 Å². The number of rotatable bonds is 8. The van der Waals surface area contributed by atoms with Gasteiger partial charge in [-0.25, -0.2) is 4.79 Å². The molecule has 2 aromatic rings. The summed E-state index contributed by atoms with van der Waals surface area (Å²) < 4.78 is 15.6. The fraction of sp³-hybridized carbons (Fsp3) is 0.300. The van der Waals surface area contributed by atoms with Crippen LogP contribution in [0.3, 0.4) is 0 Å². The monoisotopic (exact) mass is 440 g/mol. The third-order valence-corrected chi connectivity index (χ3v) is 4.73. The Morgan fingerprint density at radius 1 is 1.07 bits per heavy atom. The van der Waals surface area contributed by atoms with E-state index >= 15 is 0 Å². The van der Waals surface area contributed by atoms with Crippen molar-refractivity contribution in [3.63, 3.8) is 0 Å². The fourth-order valence-corrected chi connectivity index (χ4v) is 3.12. The third kappa shape index (κ3) is 5.68. The first-order chi connectivity index (χ1) is 13.8. The van der Waals surface area contributed by atoms with Crippen LogP contribution in [0.15, 0.2) is 30.3 Å². The number of methoxy groups -OCH3 is 2. The van der Waals surface area contributed by atoms with Gasteiger partial charge in [-0.3, -0.25) is 4.79 Å². The molecule has 0 aromatic heterocycles. The Hall–Kier alpha value is -2.64. The zero-order valence-corrected chi connectivity index (χ0v) is 17.8. The second-order valence-electron chi connectivity index (χ2n) is 6.02. The molecular weight excluding hydrogens is 419 g/mol. The molecule has 2 N–H and O–H groups in total. The van der Waals surface area contributed by atoms with Crippen molar-refractivity contribution in [3.05, 3.63) is 51.5 Å². The average molecular weight is 441 g/mol. The van der Waals surface area contributed by atoms with Gasteiger partial charge in [0.15, 0.2) is 18.1 Å². The minimum Gasteiger partial charge on any atom is -0.493 e. The van der Waals surface area contributed by atoms with Crippen LogP contribution in [0.1, 0.15) is 22.8 Å². The number of hydrogen-bond donors (Lipinski definition) is 1. The number of likely N-dealkylation sites (N-methyl/N-ethyl adjacent to an activating group) is 1. The van der Waals surface area contributed by atoms with Crippen molar-refractivity contribution in [1.82, 2.24) is 4.90 Å². The van der Waals surface area contributed by atoms with Crippen molar-refractivity contribution >= 4 is 40.8 Å². The lowest BCUT2D eigenvalue weighted by Gasteiger charge is -2.21. The number of hydrogen-bond acceptors (Lipinski definition) is 6. The van der Waals surface area contributed by atoms with Gasteiger partial charge in [-0.1, -0.05) is 29.3 Å². The van der Waals surface area contributed by atoms with Crippen LogP contribution in [-0.4, -0.2) is 44.1 Å². The van der Waals surface area contributed by atoms with Crippen LogP contribution in [0.4, 0.5) is 5.69 Å². The molecule has 2 aromatic carbocycles.